The van der Waals surface area contributed by atoms with Crippen LogP contribution in [-0.2, 0) is 13.6 Å². The highest BCUT2D eigenvalue weighted by Crippen LogP contribution is 2.07. The largest absolute Gasteiger partial charge is 0.309 e. The first kappa shape index (κ1) is 12.2. The summed E-state index contributed by atoms with van der Waals surface area (Å²) in [7, 11) is 1.98. The van der Waals surface area contributed by atoms with E-state index in [1.165, 1.54) is 18.5 Å². The molecular weight excluding hydrogens is 186 g/mol. The number of aryl methyl sites for hydroxylation is 1. The maximum Gasteiger partial charge on any atom is 0.0518 e. The first-order chi connectivity index (χ1) is 7.09. The van der Waals surface area contributed by atoms with Crippen molar-refractivity contribution in [3.8, 4) is 0 Å². The van der Waals surface area contributed by atoms with Crippen molar-refractivity contribution in [2.45, 2.75) is 46.2 Å². The van der Waals surface area contributed by atoms with Crippen molar-refractivity contribution in [1.29, 1.82) is 0 Å². The molecule has 0 aliphatic heterocycles. The molecule has 15 heavy (non-hydrogen) atoms. The lowest BCUT2D eigenvalue weighted by Gasteiger charge is -2.14. The number of aromatic nitrogens is 2. The quantitative estimate of drug-likeness (QED) is 0.779. The monoisotopic (exact) mass is 209 g/mol. The Morgan fingerprint density at radius 2 is 2.07 bits per heavy atom. The van der Waals surface area contributed by atoms with Gasteiger partial charge in [0.15, 0.2) is 0 Å². The predicted molar refractivity (Wildman–Crippen MR) is 63.6 cm³/mol. The van der Waals surface area contributed by atoms with Crippen LogP contribution in [0.25, 0.3) is 0 Å². The van der Waals surface area contributed by atoms with Crippen LogP contribution in [0.15, 0.2) is 12.3 Å². The molecular formula is C12H23N3. The summed E-state index contributed by atoms with van der Waals surface area (Å²) in [4.78, 5) is 0. The molecule has 0 saturated heterocycles. The van der Waals surface area contributed by atoms with Crippen LogP contribution in [0.5, 0.6) is 0 Å². The Hall–Kier alpha value is -0.830. The molecule has 0 radical (unpaired) electrons. The second-order valence-corrected chi connectivity index (χ2v) is 4.70. The lowest BCUT2D eigenvalue weighted by atomic mass is 10.0. The molecule has 0 aromatic carbocycles. The van der Waals surface area contributed by atoms with Crippen molar-refractivity contribution < 1.29 is 0 Å². The third kappa shape index (κ3) is 4.47. The number of hydrogen-bond donors (Lipinski definition) is 1. The summed E-state index contributed by atoms with van der Waals surface area (Å²) in [6.45, 7) is 7.70. The normalized spacial score (nSPS) is 13.4. The third-order valence-corrected chi connectivity index (χ3v) is 2.73. The van der Waals surface area contributed by atoms with Gasteiger partial charge in [-0.15, -0.1) is 0 Å². The minimum Gasteiger partial charge on any atom is -0.309 e. The Morgan fingerprint density at radius 1 is 1.33 bits per heavy atom. The van der Waals surface area contributed by atoms with Crippen LogP contribution in [0.2, 0.25) is 0 Å². The summed E-state index contributed by atoms with van der Waals surface area (Å²) in [5.41, 5.74) is 1.24. The molecule has 0 saturated carbocycles. The minimum absolute atomic E-state index is 0.585. The van der Waals surface area contributed by atoms with Crippen LogP contribution in [0.3, 0.4) is 0 Å². The van der Waals surface area contributed by atoms with Gasteiger partial charge >= 0.3 is 0 Å². The highest BCUT2D eigenvalue weighted by atomic mass is 15.3. The number of hydrogen-bond acceptors (Lipinski definition) is 2. The van der Waals surface area contributed by atoms with E-state index in [0.717, 1.165) is 12.5 Å². The van der Waals surface area contributed by atoms with Gasteiger partial charge in [-0.1, -0.05) is 13.8 Å². The van der Waals surface area contributed by atoms with Gasteiger partial charge in [-0.05, 0) is 31.7 Å². The van der Waals surface area contributed by atoms with Crippen molar-refractivity contribution in [1.82, 2.24) is 15.1 Å². The summed E-state index contributed by atoms with van der Waals surface area (Å²) in [5, 5.41) is 7.67. The SMILES string of the molecule is CC(C)CCC(C)NCc1ccnn1C. The first-order valence-corrected chi connectivity index (χ1v) is 5.80. The lowest BCUT2D eigenvalue weighted by Crippen LogP contribution is -2.26. The predicted octanol–water partition coefficient (Wildman–Crippen LogP) is 2.33. The molecule has 1 rings (SSSR count). The van der Waals surface area contributed by atoms with Crippen molar-refractivity contribution in [2.24, 2.45) is 13.0 Å². The molecule has 1 atom stereocenters. The Morgan fingerprint density at radius 3 is 2.60 bits per heavy atom. The molecule has 1 aromatic heterocycles. The van der Waals surface area contributed by atoms with Crippen LogP contribution in [0, 0.1) is 5.92 Å². The van der Waals surface area contributed by atoms with Crippen molar-refractivity contribution in [3.05, 3.63) is 18.0 Å². The average Bonchev–Trinajstić information content (AvgIpc) is 2.58. The zero-order valence-corrected chi connectivity index (χ0v) is 10.3. The highest BCUT2D eigenvalue weighted by Gasteiger charge is 2.04. The van der Waals surface area contributed by atoms with Crippen LogP contribution >= 0.6 is 0 Å². The van der Waals surface area contributed by atoms with E-state index in [9.17, 15) is 0 Å². The third-order valence-electron chi connectivity index (χ3n) is 2.73. The number of rotatable bonds is 6. The fraction of sp³-hybridized carbons (Fsp3) is 0.750. The van der Waals surface area contributed by atoms with Crippen molar-refractivity contribution in [3.63, 3.8) is 0 Å². The van der Waals surface area contributed by atoms with Crippen LogP contribution in [-0.4, -0.2) is 15.8 Å². The van der Waals surface area contributed by atoms with E-state index in [0.29, 0.717) is 6.04 Å². The van der Waals surface area contributed by atoms with Gasteiger partial charge in [0.1, 0.15) is 0 Å². The fourth-order valence-corrected chi connectivity index (χ4v) is 1.54. The molecule has 1 aromatic rings. The average molecular weight is 209 g/mol. The van der Waals surface area contributed by atoms with Crippen LogP contribution in [0.1, 0.15) is 39.3 Å². The molecule has 86 valence electrons. The Labute approximate surface area is 92.9 Å². The molecule has 1 heterocycles. The second kappa shape index (κ2) is 5.91. The topological polar surface area (TPSA) is 29.9 Å². The standard InChI is InChI=1S/C12H23N3/c1-10(2)5-6-11(3)13-9-12-7-8-14-15(12)4/h7-8,10-11,13H,5-6,9H2,1-4H3. The molecule has 1 unspecified atom stereocenters. The summed E-state index contributed by atoms with van der Waals surface area (Å²) in [6.07, 6.45) is 4.38. The molecule has 3 heteroatoms. The van der Waals surface area contributed by atoms with Gasteiger partial charge in [0.05, 0.1) is 5.69 Å². The van der Waals surface area contributed by atoms with Crippen LogP contribution in [0.4, 0.5) is 0 Å². The summed E-state index contributed by atoms with van der Waals surface area (Å²) in [6, 6.07) is 2.64. The first-order valence-electron chi connectivity index (χ1n) is 5.80. The van der Waals surface area contributed by atoms with E-state index < -0.39 is 0 Å². The van der Waals surface area contributed by atoms with Gasteiger partial charge in [-0.2, -0.15) is 5.10 Å². The molecule has 0 fully saturated rings. The zero-order valence-electron chi connectivity index (χ0n) is 10.3. The lowest BCUT2D eigenvalue weighted by molar-refractivity contribution is 0.444. The van der Waals surface area contributed by atoms with Crippen molar-refractivity contribution in [2.75, 3.05) is 0 Å². The maximum absolute atomic E-state index is 4.15. The van der Waals surface area contributed by atoms with E-state index in [1.807, 2.05) is 17.9 Å². The van der Waals surface area contributed by atoms with E-state index in [2.05, 4.69) is 37.3 Å². The molecule has 0 spiro atoms. The van der Waals surface area contributed by atoms with Gasteiger partial charge in [0.25, 0.3) is 0 Å². The van der Waals surface area contributed by atoms with Gasteiger partial charge < -0.3 is 5.32 Å². The smallest absolute Gasteiger partial charge is 0.0518 e. The summed E-state index contributed by atoms with van der Waals surface area (Å²) >= 11 is 0. The van der Waals surface area contributed by atoms with E-state index >= 15 is 0 Å². The zero-order chi connectivity index (χ0) is 11.3. The van der Waals surface area contributed by atoms with Gasteiger partial charge in [-0.25, -0.2) is 0 Å². The molecule has 1 N–H and O–H groups in total. The summed E-state index contributed by atoms with van der Waals surface area (Å²) in [5.74, 6) is 0.797. The molecule has 0 bridgehead atoms. The Balaban J connectivity index is 2.22. The van der Waals surface area contributed by atoms with E-state index in [4.69, 9.17) is 0 Å². The molecule has 3 nitrogen and oxygen atoms in total. The van der Waals surface area contributed by atoms with Gasteiger partial charge in [-0.3, -0.25) is 4.68 Å². The minimum atomic E-state index is 0.585. The van der Waals surface area contributed by atoms with E-state index in [1.54, 1.807) is 0 Å². The number of nitrogens with one attached hydrogen (secondary N) is 1. The van der Waals surface area contributed by atoms with Crippen molar-refractivity contribution >= 4 is 0 Å². The Kier molecular flexibility index (Phi) is 4.82. The van der Waals surface area contributed by atoms with Gasteiger partial charge in [0, 0.05) is 25.8 Å². The van der Waals surface area contributed by atoms with Gasteiger partial charge in [0.2, 0.25) is 0 Å². The van der Waals surface area contributed by atoms with E-state index in [-0.39, 0.29) is 0 Å². The Bertz CT molecular complexity index is 278. The molecule has 0 aliphatic carbocycles. The highest BCUT2D eigenvalue weighted by molar-refractivity contribution is 4.99. The fourth-order valence-electron chi connectivity index (χ4n) is 1.54. The maximum atomic E-state index is 4.15. The molecule has 0 aliphatic rings. The van der Waals surface area contributed by atoms with Crippen LogP contribution < -0.4 is 5.32 Å². The second-order valence-electron chi connectivity index (χ2n) is 4.70. The molecule has 0 amide bonds. The summed E-state index contributed by atoms with van der Waals surface area (Å²) < 4.78 is 1.92. The number of nitrogens with zero attached hydrogens (tertiary/aromatic N) is 2.